The first-order chi connectivity index (χ1) is 14.7. The third-order valence-corrected chi connectivity index (χ3v) is 6.71. The van der Waals surface area contributed by atoms with E-state index in [1.807, 2.05) is 42.5 Å². The molecule has 2 aromatic carbocycles. The largest absolute Gasteiger partial charge is 0.497 e. The Balaban J connectivity index is 0.00000341. The molecule has 1 aliphatic heterocycles. The fraction of sp³-hybridized carbons (Fsp3) is 0.435. The maximum atomic E-state index is 12.4. The summed E-state index contributed by atoms with van der Waals surface area (Å²) in [5.41, 5.74) is 1.24. The van der Waals surface area contributed by atoms with Crippen LogP contribution in [0.5, 0.6) is 5.75 Å². The first kappa shape index (κ1) is 25.6. The van der Waals surface area contributed by atoms with Crippen LogP contribution in [0.25, 0.3) is 0 Å². The minimum absolute atomic E-state index is 0. The highest BCUT2D eigenvalue weighted by atomic mass is 127. The van der Waals surface area contributed by atoms with Crippen molar-refractivity contribution in [2.24, 2.45) is 4.99 Å². The van der Waals surface area contributed by atoms with Crippen molar-refractivity contribution in [2.45, 2.75) is 23.8 Å². The van der Waals surface area contributed by atoms with E-state index in [1.165, 1.54) is 18.4 Å². The summed E-state index contributed by atoms with van der Waals surface area (Å²) in [6.07, 6.45) is 2.47. The SMILES string of the molecule is CN=C(NCCS(=O)c1ccccc1)NCC(c1cccc(OC)c1)N1CCCC1.I. The summed E-state index contributed by atoms with van der Waals surface area (Å²) in [4.78, 5) is 7.71. The number of guanidine groups is 1. The molecule has 8 heteroatoms. The van der Waals surface area contributed by atoms with Gasteiger partial charge in [-0.3, -0.25) is 14.1 Å². The maximum Gasteiger partial charge on any atom is 0.191 e. The lowest BCUT2D eigenvalue weighted by atomic mass is 10.1. The van der Waals surface area contributed by atoms with Gasteiger partial charge in [0.25, 0.3) is 0 Å². The molecular weight excluding hydrogens is 523 g/mol. The highest BCUT2D eigenvalue weighted by molar-refractivity contribution is 14.0. The van der Waals surface area contributed by atoms with Crippen LogP contribution in [0.1, 0.15) is 24.4 Å². The zero-order valence-corrected chi connectivity index (χ0v) is 21.4. The van der Waals surface area contributed by atoms with Gasteiger partial charge in [0.15, 0.2) is 5.96 Å². The second kappa shape index (κ2) is 13.7. The number of halogens is 1. The quantitative estimate of drug-likeness (QED) is 0.282. The van der Waals surface area contributed by atoms with Crippen LogP contribution in [0.3, 0.4) is 0 Å². The molecule has 0 aromatic heterocycles. The van der Waals surface area contributed by atoms with Gasteiger partial charge in [0.05, 0.1) is 24.0 Å². The van der Waals surface area contributed by atoms with Gasteiger partial charge in [0.1, 0.15) is 5.75 Å². The van der Waals surface area contributed by atoms with Gasteiger partial charge in [-0.2, -0.15) is 0 Å². The van der Waals surface area contributed by atoms with E-state index >= 15 is 0 Å². The second-order valence-corrected chi connectivity index (χ2v) is 8.85. The summed E-state index contributed by atoms with van der Waals surface area (Å²) in [6, 6.07) is 18.1. The van der Waals surface area contributed by atoms with Crippen LogP contribution in [0.15, 0.2) is 64.5 Å². The average molecular weight is 557 g/mol. The molecule has 0 radical (unpaired) electrons. The van der Waals surface area contributed by atoms with E-state index in [1.54, 1.807) is 14.2 Å². The lowest BCUT2D eigenvalue weighted by molar-refractivity contribution is 0.245. The van der Waals surface area contributed by atoms with E-state index in [4.69, 9.17) is 4.74 Å². The molecule has 2 N–H and O–H groups in total. The van der Waals surface area contributed by atoms with Crippen LogP contribution in [0.2, 0.25) is 0 Å². The number of nitrogens with zero attached hydrogens (tertiary/aromatic N) is 2. The zero-order valence-electron chi connectivity index (χ0n) is 18.3. The highest BCUT2D eigenvalue weighted by Gasteiger charge is 2.24. The van der Waals surface area contributed by atoms with Crippen LogP contribution < -0.4 is 15.4 Å². The minimum Gasteiger partial charge on any atom is -0.497 e. The number of hydrogen-bond donors (Lipinski definition) is 2. The predicted octanol–water partition coefficient (Wildman–Crippen LogP) is 3.42. The summed E-state index contributed by atoms with van der Waals surface area (Å²) in [6.45, 7) is 3.54. The van der Waals surface area contributed by atoms with Gasteiger partial charge in [-0.15, -0.1) is 24.0 Å². The lowest BCUT2D eigenvalue weighted by Gasteiger charge is -2.29. The molecule has 1 fully saturated rings. The fourth-order valence-electron chi connectivity index (χ4n) is 3.73. The van der Waals surface area contributed by atoms with Crippen molar-refractivity contribution in [1.29, 1.82) is 0 Å². The van der Waals surface area contributed by atoms with Crippen LogP contribution in [-0.2, 0) is 10.8 Å². The predicted molar refractivity (Wildman–Crippen MR) is 139 cm³/mol. The first-order valence-electron chi connectivity index (χ1n) is 10.5. The molecule has 0 saturated carbocycles. The fourth-order valence-corrected chi connectivity index (χ4v) is 4.71. The first-order valence-corrected chi connectivity index (χ1v) is 11.8. The van der Waals surface area contributed by atoms with Crippen molar-refractivity contribution in [3.8, 4) is 5.75 Å². The van der Waals surface area contributed by atoms with Crippen LogP contribution in [0.4, 0.5) is 0 Å². The van der Waals surface area contributed by atoms with E-state index in [-0.39, 0.29) is 30.0 Å². The topological polar surface area (TPSA) is 66.0 Å². The van der Waals surface area contributed by atoms with Crippen molar-refractivity contribution in [2.75, 3.05) is 46.1 Å². The normalized spacial score (nSPS) is 16.3. The smallest absolute Gasteiger partial charge is 0.191 e. The Morgan fingerprint density at radius 3 is 2.55 bits per heavy atom. The molecule has 6 nitrogen and oxygen atoms in total. The number of rotatable bonds is 9. The number of hydrogen-bond acceptors (Lipinski definition) is 4. The summed E-state index contributed by atoms with van der Waals surface area (Å²) >= 11 is 0. The maximum absolute atomic E-state index is 12.4. The molecule has 0 bridgehead atoms. The molecule has 0 amide bonds. The molecule has 2 unspecified atom stereocenters. The molecule has 0 spiro atoms. The van der Waals surface area contributed by atoms with E-state index in [0.29, 0.717) is 12.3 Å². The van der Waals surface area contributed by atoms with Crippen molar-refractivity contribution in [3.63, 3.8) is 0 Å². The Hall–Kier alpha value is -1.65. The van der Waals surface area contributed by atoms with Crippen molar-refractivity contribution >= 4 is 40.7 Å². The number of benzene rings is 2. The van der Waals surface area contributed by atoms with Crippen molar-refractivity contribution < 1.29 is 8.95 Å². The number of nitrogens with one attached hydrogen (secondary N) is 2. The molecule has 3 rings (SSSR count). The van der Waals surface area contributed by atoms with E-state index in [9.17, 15) is 4.21 Å². The van der Waals surface area contributed by atoms with Gasteiger partial charge in [0, 0.05) is 30.8 Å². The average Bonchev–Trinajstić information content (AvgIpc) is 3.33. The van der Waals surface area contributed by atoms with Gasteiger partial charge < -0.3 is 15.4 Å². The van der Waals surface area contributed by atoms with Crippen molar-refractivity contribution in [3.05, 3.63) is 60.2 Å². The molecule has 0 aliphatic carbocycles. The Labute approximate surface area is 205 Å². The Bertz CT molecular complexity index is 844. The zero-order chi connectivity index (χ0) is 21.2. The third kappa shape index (κ3) is 7.76. The number of ether oxygens (including phenoxy) is 1. The molecule has 1 saturated heterocycles. The van der Waals surface area contributed by atoms with Gasteiger partial charge in [-0.1, -0.05) is 30.3 Å². The monoisotopic (exact) mass is 556 g/mol. The molecule has 31 heavy (non-hydrogen) atoms. The second-order valence-electron chi connectivity index (χ2n) is 7.28. The van der Waals surface area contributed by atoms with Crippen LogP contribution >= 0.6 is 24.0 Å². The molecular formula is C23H33IN4O2S. The Kier molecular flexibility index (Phi) is 11.3. The summed E-state index contributed by atoms with van der Waals surface area (Å²) in [5, 5.41) is 6.75. The van der Waals surface area contributed by atoms with Crippen molar-refractivity contribution in [1.82, 2.24) is 15.5 Å². The van der Waals surface area contributed by atoms with Crippen LogP contribution in [-0.4, -0.2) is 61.2 Å². The van der Waals surface area contributed by atoms with E-state index in [0.717, 1.165) is 36.2 Å². The Morgan fingerprint density at radius 2 is 1.87 bits per heavy atom. The lowest BCUT2D eigenvalue weighted by Crippen LogP contribution is -2.43. The third-order valence-electron chi connectivity index (χ3n) is 5.33. The molecule has 170 valence electrons. The molecule has 1 heterocycles. The standard InChI is InChI=1S/C23H32N4O2S.HI/c1-24-23(25-13-16-30(28)21-11-4-3-5-12-21)26-18-22(27-14-6-7-15-27)19-9-8-10-20(17-19)29-2;/h3-5,8-12,17,22H,6-7,13-16,18H2,1-2H3,(H2,24,25,26);1H. The molecule has 2 aromatic rings. The van der Waals surface area contributed by atoms with Gasteiger partial charge in [-0.25, -0.2) is 0 Å². The Morgan fingerprint density at radius 1 is 1.13 bits per heavy atom. The van der Waals surface area contributed by atoms with E-state index < -0.39 is 10.8 Å². The number of methoxy groups -OCH3 is 1. The van der Waals surface area contributed by atoms with Gasteiger partial charge in [-0.05, 0) is 55.8 Å². The van der Waals surface area contributed by atoms with E-state index in [2.05, 4.69) is 32.7 Å². The highest BCUT2D eigenvalue weighted by Crippen LogP contribution is 2.27. The summed E-state index contributed by atoms with van der Waals surface area (Å²) < 4.78 is 17.8. The number of likely N-dealkylation sites (tertiary alicyclic amines) is 1. The van der Waals surface area contributed by atoms with Gasteiger partial charge >= 0.3 is 0 Å². The summed E-state index contributed by atoms with van der Waals surface area (Å²) in [7, 11) is 2.45. The number of aliphatic imine (C=N–C) groups is 1. The minimum atomic E-state index is -1.02. The summed E-state index contributed by atoms with van der Waals surface area (Å²) in [5.74, 6) is 2.14. The van der Waals surface area contributed by atoms with Crippen LogP contribution in [0, 0.1) is 0 Å². The molecule has 2 atom stereocenters. The van der Waals surface area contributed by atoms with Gasteiger partial charge in [0.2, 0.25) is 0 Å². The molecule has 1 aliphatic rings.